The Morgan fingerprint density at radius 1 is 1.45 bits per heavy atom. The third-order valence-electron chi connectivity index (χ3n) is 2.61. The second-order valence-corrected chi connectivity index (χ2v) is 4.90. The minimum atomic E-state index is -1.08. The molecule has 0 aliphatic heterocycles. The van der Waals surface area contributed by atoms with Gasteiger partial charge in [-0.3, -0.25) is 24.3 Å². The average molecular weight is 295 g/mol. The summed E-state index contributed by atoms with van der Waals surface area (Å²) in [6.07, 6.45) is 0.844. The number of carbonyl (C=O) groups excluding carboxylic acids is 1. The van der Waals surface area contributed by atoms with Crippen LogP contribution in [0.2, 0.25) is 0 Å². The van der Waals surface area contributed by atoms with Crippen molar-refractivity contribution in [3.8, 4) is 0 Å². The molecule has 0 amide bonds. The van der Waals surface area contributed by atoms with Crippen LogP contribution in [0.4, 0.5) is 5.69 Å². The van der Waals surface area contributed by atoms with Crippen LogP contribution in [0.3, 0.4) is 0 Å². The minimum absolute atomic E-state index is 0.380. The summed E-state index contributed by atoms with van der Waals surface area (Å²) in [6.45, 7) is -0.520. The van der Waals surface area contributed by atoms with Crippen molar-refractivity contribution in [1.29, 1.82) is 0 Å². The zero-order valence-electron chi connectivity index (χ0n) is 10.3. The second-order valence-electron chi connectivity index (χ2n) is 3.96. The molecule has 104 valence electrons. The van der Waals surface area contributed by atoms with Crippen molar-refractivity contribution in [2.45, 2.75) is 6.54 Å². The minimum Gasteiger partial charge on any atom is -0.297 e. The maximum atomic E-state index is 11.9. The van der Waals surface area contributed by atoms with Gasteiger partial charge in [-0.1, -0.05) is 6.07 Å². The Labute approximate surface area is 115 Å². The SMILES string of the molecule is Cn1cc([N+](=O)[O-])c(=O)n(CC(=O)c2cccs2)c1=O. The number of carbonyl (C=O) groups is 1. The lowest BCUT2D eigenvalue weighted by atomic mass is 10.3. The Morgan fingerprint density at radius 2 is 2.15 bits per heavy atom. The van der Waals surface area contributed by atoms with E-state index in [4.69, 9.17) is 0 Å². The van der Waals surface area contributed by atoms with E-state index < -0.39 is 34.2 Å². The highest BCUT2D eigenvalue weighted by atomic mass is 32.1. The molecule has 2 aromatic rings. The number of hydrogen-bond acceptors (Lipinski definition) is 6. The Morgan fingerprint density at radius 3 is 2.70 bits per heavy atom. The fourth-order valence-electron chi connectivity index (χ4n) is 1.63. The van der Waals surface area contributed by atoms with Gasteiger partial charge in [0.15, 0.2) is 5.78 Å². The molecule has 8 nitrogen and oxygen atoms in total. The maximum Gasteiger partial charge on any atom is 0.350 e. The summed E-state index contributed by atoms with van der Waals surface area (Å²) in [6, 6.07) is 3.21. The highest BCUT2D eigenvalue weighted by molar-refractivity contribution is 7.12. The lowest BCUT2D eigenvalue weighted by Crippen LogP contribution is -2.41. The molecule has 0 unspecified atom stereocenters. The largest absolute Gasteiger partial charge is 0.350 e. The molecule has 20 heavy (non-hydrogen) atoms. The van der Waals surface area contributed by atoms with Gasteiger partial charge >= 0.3 is 16.9 Å². The molecular formula is C11H9N3O5S. The van der Waals surface area contributed by atoms with Crippen molar-refractivity contribution >= 4 is 22.8 Å². The Balaban J connectivity index is 2.52. The fraction of sp³-hybridized carbons (Fsp3) is 0.182. The lowest BCUT2D eigenvalue weighted by Gasteiger charge is -2.05. The highest BCUT2D eigenvalue weighted by Gasteiger charge is 2.20. The van der Waals surface area contributed by atoms with Gasteiger partial charge in [-0.05, 0) is 11.4 Å². The van der Waals surface area contributed by atoms with E-state index in [1.54, 1.807) is 17.5 Å². The molecule has 0 spiro atoms. The number of aryl methyl sites for hydroxylation is 1. The van der Waals surface area contributed by atoms with Gasteiger partial charge in [-0.25, -0.2) is 9.36 Å². The number of rotatable bonds is 4. The van der Waals surface area contributed by atoms with E-state index in [0.717, 1.165) is 10.8 Å². The summed E-state index contributed by atoms with van der Waals surface area (Å²) >= 11 is 1.17. The monoisotopic (exact) mass is 295 g/mol. The van der Waals surface area contributed by atoms with Crippen LogP contribution in [0.1, 0.15) is 9.67 Å². The Kier molecular flexibility index (Phi) is 3.61. The molecule has 0 aliphatic carbocycles. The molecular weight excluding hydrogens is 286 g/mol. The zero-order valence-corrected chi connectivity index (χ0v) is 11.1. The molecule has 0 aromatic carbocycles. The van der Waals surface area contributed by atoms with Gasteiger partial charge in [0.1, 0.15) is 0 Å². The van der Waals surface area contributed by atoms with Crippen LogP contribution in [0.25, 0.3) is 0 Å². The summed E-state index contributed by atoms with van der Waals surface area (Å²) in [7, 11) is 1.28. The van der Waals surface area contributed by atoms with Gasteiger partial charge in [0.25, 0.3) is 0 Å². The molecule has 0 saturated carbocycles. The molecule has 2 rings (SSSR count). The second kappa shape index (κ2) is 5.21. The molecule has 0 bridgehead atoms. The summed E-state index contributed by atoms with van der Waals surface area (Å²) in [5, 5.41) is 12.4. The third-order valence-corrected chi connectivity index (χ3v) is 3.52. The zero-order chi connectivity index (χ0) is 14.9. The first-order valence-corrected chi connectivity index (χ1v) is 6.31. The third kappa shape index (κ3) is 2.43. The smallest absolute Gasteiger partial charge is 0.297 e. The standard InChI is InChI=1S/C11H9N3O5S/c1-12-5-7(14(18)19)10(16)13(11(12)17)6-8(15)9-3-2-4-20-9/h2-5H,6H2,1H3. The first-order chi connectivity index (χ1) is 9.41. The van der Waals surface area contributed by atoms with Crippen LogP contribution in [-0.2, 0) is 13.6 Å². The van der Waals surface area contributed by atoms with Crippen LogP contribution in [0.5, 0.6) is 0 Å². The molecule has 0 aliphatic rings. The van der Waals surface area contributed by atoms with Crippen molar-refractivity contribution in [1.82, 2.24) is 9.13 Å². The lowest BCUT2D eigenvalue weighted by molar-refractivity contribution is -0.387. The number of aromatic nitrogens is 2. The van der Waals surface area contributed by atoms with Gasteiger partial charge in [0.2, 0.25) is 0 Å². The van der Waals surface area contributed by atoms with E-state index in [1.807, 2.05) is 0 Å². The van der Waals surface area contributed by atoms with E-state index >= 15 is 0 Å². The van der Waals surface area contributed by atoms with Gasteiger partial charge in [0, 0.05) is 7.05 Å². The molecule has 0 fully saturated rings. The molecule has 9 heteroatoms. The number of nitrogens with zero attached hydrogens (tertiary/aromatic N) is 3. The van der Waals surface area contributed by atoms with Gasteiger partial charge < -0.3 is 0 Å². The molecule has 0 radical (unpaired) electrons. The van der Waals surface area contributed by atoms with Gasteiger partial charge in [-0.15, -0.1) is 11.3 Å². The van der Waals surface area contributed by atoms with E-state index in [0.29, 0.717) is 9.44 Å². The van der Waals surface area contributed by atoms with Crippen molar-refractivity contribution in [3.63, 3.8) is 0 Å². The highest BCUT2D eigenvalue weighted by Crippen LogP contribution is 2.10. The number of hydrogen-bond donors (Lipinski definition) is 0. The van der Waals surface area contributed by atoms with Crippen LogP contribution in [0.15, 0.2) is 33.3 Å². The van der Waals surface area contributed by atoms with E-state index in [2.05, 4.69) is 0 Å². The van der Waals surface area contributed by atoms with Crippen LogP contribution in [-0.4, -0.2) is 19.8 Å². The number of nitro groups is 1. The Hall–Kier alpha value is -2.55. The molecule has 0 saturated heterocycles. The normalized spacial score (nSPS) is 10.4. The first kappa shape index (κ1) is 13.9. The molecule has 0 N–H and O–H groups in total. The predicted molar refractivity (Wildman–Crippen MR) is 71.2 cm³/mol. The van der Waals surface area contributed by atoms with Crippen LogP contribution >= 0.6 is 11.3 Å². The fourth-order valence-corrected chi connectivity index (χ4v) is 2.29. The van der Waals surface area contributed by atoms with Gasteiger partial charge in [-0.2, -0.15) is 0 Å². The summed E-state index contributed by atoms with van der Waals surface area (Å²) in [4.78, 5) is 45.8. The van der Waals surface area contributed by atoms with Crippen molar-refractivity contribution in [2.24, 2.45) is 7.05 Å². The molecule has 2 heterocycles. The van der Waals surface area contributed by atoms with Crippen LogP contribution in [0, 0.1) is 10.1 Å². The number of Topliss-reactive ketones (excluding diaryl/α,β-unsaturated/α-hetero) is 1. The van der Waals surface area contributed by atoms with Gasteiger partial charge in [0.05, 0.1) is 22.5 Å². The predicted octanol–water partition coefficient (Wildman–Crippen LogP) is 0.400. The summed E-state index contributed by atoms with van der Waals surface area (Å²) < 4.78 is 1.47. The summed E-state index contributed by atoms with van der Waals surface area (Å²) in [5.74, 6) is -0.445. The number of thiophene rings is 1. The molecule has 2 aromatic heterocycles. The first-order valence-electron chi connectivity index (χ1n) is 5.43. The van der Waals surface area contributed by atoms with Crippen molar-refractivity contribution in [2.75, 3.05) is 0 Å². The van der Waals surface area contributed by atoms with Crippen molar-refractivity contribution in [3.05, 3.63) is 59.5 Å². The number of ketones is 1. The summed E-state index contributed by atoms with van der Waals surface area (Å²) in [5.41, 5.74) is -2.60. The van der Waals surface area contributed by atoms with E-state index in [9.17, 15) is 24.5 Å². The van der Waals surface area contributed by atoms with Crippen molar-refractivity contribution < 1.29 is 9.72 Å². The Bertz CT molecular complexity index is 787. The van der Waals surface area contributed by atoms with E-state index in [-0.39, 0.29) is 0 Å². The molecule has 0 atom stereocenters. The van der Waals surface area contributed by atoms with E-state index in [1.165, 1.54) is 18.4 Å². The quantitative estimate of drug-likeness (QED) is 0.461. The maximum absolute atomic E-state index is 11.9. The average Bonchev–Trinajstić information content (AvgIpc) is 2.92. The topological polar surface area (TPSA) is 104 Å². The van der Waals surface area contributed by atoms with Crippen LogP contribution < -0.4 is 11.2 Å².